The largest absolute Gasteiger partial charge is 0.370 e. The molecule has 4 nitrogen and oxygen atoms in total. The molecule has 1 atom stereocenters. The minimum Gasteiger partial charge on any atom is -0.370 e. The van der Waals surface area contributed by atoms with Gasteiger partial charge in [-0.3, -0.25) is 9.59 Å². The fourth-order valence-corrected chi connectivity index (χ4v) is 2.78. The quantitative estimate of drug-likeness (QED) is 0.651. The maximum atomic E-state index is 11.8. The van der Waals surface area contributed by atoms with Crippen molar-refractivity contribution in [1.29, 1.82) is 0 Å². The maximum absolute atomic E-state index is 11.8. The summed E-state index contributed by atoms with van der Waals surface area (Å²) in [6, 6.07) is 6.04. The average molecular weight is 304 g/mol. The third kappa shape index (κ3) is 5.88. The van der Waals surface area contributed by atoms with Crippen LogP contribution in [-0.4, -0.2) is 11.8 Å². The van der Waals surface area contributed by atoms with Gasteiger partial charge in [0, 0.05) is 6.42 Å². The fraction of sp³-hybridized carbons (Fsp3) is 0.556. The molecule has 0 aliphatic rings. The standard InChI is InChI=1S/C18H28N2O2/c1-13-9-8-11-15(14(13)2)16(18(20)22)10-6-4-3-5-7-12-17(19)21/h8-9,11,16H,3-7,10,12H2,1-2H3,(H2,19,21)(H2,20,22). The van der Waals surface area contributed by atoms with Crippen LogP contribution in [0.3, 0.4) is 0 Å². The van der Waals surface area contributed by atoms with Crippen molar-refractivity contribution in [2.24, 2.45) is 11.5 Å². The number of hydrogen-bond donors (Lipinski definition) is 2. The molecule has 1 aromatic rings. The number of benzene rings is 1. The summed E-state index contributed by atoms with van der Waals surface area (Å²) in [5.41, 5.74) is 14.1. The number of amides is 2. The molecule has 2 amide bonds. The van der Waals surface area contributed by atoms with Gasteiger partial charge in [-0.15, -0.1) is 0 Å². The molecule has 0 fully saturated rings. The predicted molar refractivity (Wildman–Crippen MR) is 89.4 cm³/mol. The third-order valence-corrected chi connectivity index (χ3v) is 4.28. The molecule has 1 rings (SSSR count). The first-order valence-corrected chi connectivity index (χ1v) is 8.07. The highest BCUT2D eigenvalue weighted by Gasteiger charge is 2.19. The van der Waals surface area contributed by atoms with Gasteiger partial charge in [-0.25, -0.2) is 0 Å². The Hall–Kier alpha value is -1.84. The topological polar surface area (TPSA) is 86.2 Å². The van der Waals surface area contributed by atoms with E-state index in [4.69, 9.17) is 11.5 Å². The molecule has 0 bridgehead atoms. The van der Waals surface area contributed by atoms with E-state index in [-0.39, 0.29) is 17.7 Å². The second-order valence-electron chi connectivity index (χ2n) is 6.02. The van der Waals surface area contributed by atoms with E-state index in [9.17, 15) is 9.59 Å². The SMILES string of the molecule is Cc1cccc(C(CCCCCCCC(N)=O)C(N)=O)c1C. The maximum Gasteiger partial charge on any atom is 0.224 e. The molecule has 4 N–H and O–H groups in total. The molecule has 22 heavy (non-hydrogen) atoms. The molecule has 1 aromatic carbocycles. The van der Waals surface area contributed by atoms with Crippen LogP contribution in [0.5, 0.6) is 0 Å². The van der Waals surface area contributed by atoms with Gasteiger partial charge >= 0.3 is 0 Å². The number of carbonyl (C=O) groups excluding carboxylic acids is 2. The van der Waals surface area contributed by atoms with Gasteiger partial charge in [-0.1, -0.05) is 43.9 Å². The lowest BCUT2D eigenvalue weighted by atomic mass is 9.88. The van der Waals surface area contributed by atoms with E-state index in [0.29, 0.717) is 6.42 Å². The lowest BCUT2D eigenvalue weighted by Gasteiger charge is -2.17. The smallest absolute Gasteiger partial charge is 0.224 e. The zero-order chi connectivity index (χ0) is 16.5. The van der Waals surface area contributed by atoms with E-state index in [2.05, 4.69) is 13.0 Å². The minimum absolute atomic E-state index is 0.203. The molecule has 0 saturated carbocycles. The van der Waals surface area contributed by atoms with Crippen LogP contribution in [0.25, 0.3) is 0 Å². The zero-order valence-electron chi connectivity index (χ0n) is 13.7. The van der Waals surface area contributed by atoms with Crippen LogP contribution in [0.2, 0.25) is 0 Å². The van der Waals surface area contributed by atoms with Crippen molar-refractivity contribution in [3.8, 4) is 0 Å². The Morgan fingerprint density at radius 3 is 2.27 bits per heavy atom. The molecular weight excluding hydrogens is 276 g/mol. The Bertz CT molecular complexity index is 512. The van der Waals surface area contributed by atoms with Gasteiger partial charge < -0.3 is 11.5 Å². The molecule has 0 saturated heterocycles. The summed E-state index contributed by atoms with van der Waals surface area (Å²) in [5.74, 6) is -0.684. The number of nitrogens with two attached hydrogens (primary N) is 2. The van der Waals surface area contributed by atoms with Gasteiger partial charge in [0.15, 0.2) is 0 Å². The molecule has 1 unspecified atom stereocenters. The second kappa shape index (κ2) is 9.23. The number of aryl methyl sites for hydroxylation is 1. The highest BCUT2D eigenvalue weighted by Crippen LogP contribution is 2.27. The minimum atomic E-state index is -0.248. The van der Waals surface area contributed by atoms with E-state index in [1.54, 1.807) is 0 Å². The van der Waals surface area contributed by atoms with Crippen molar-refractivity contribution in [3.63, 3.8) is 0 Å². The van der Waals surface area contributed by atoms with Gasteiger partial charge in [-0.2, -0.15) is 0 Å². The summed E-state index contributed by atoms with van der Waals surface area (Å²) >= 11 is 0. The van der Waals surface area contributed by atoms with Gasteiger partial charge in [0.2, 0.25) is 11.8 Å². The first kappa shape index (κ1) is 18.2. The van der Waals surface area contributed by atoms with Gasteiger partial charge in [0.1, 0.15) is 0 Å². The first-order chi connectivity index (χ1) is 10.4. The molecule has 0 aliphatic carbocycles. The van der Waals surface area contributed by atoms with Crippen molar-refractivity contribution in [2.75, 3.05) is 0 Å². The lowest BCUT2D eigenvalue weighted by Crippen LogP contribution is -2.22. The predicted octanol–water partition coefficient (Wildman–Crippen LogP) is 3.09. The van der Waals surface area contributed by atoms with Crippen LogP contribution >= 0.6 is 0 Å². The van der Waals surface area contributed by atoms with Crippen LogP contribution < -0.4 is 11.5 Å². The molecule has 4 heteroatoms. The monoisotopic (exact) mass is 304 g/mol. The molecule has 0 radical (unpaired) electrons. The Morgan fingerprint density at radius 1 is 1.00 bits per heavy atom. The zero-order valence-corrected chi connectivity index (χ0v) is 13.7. The number of hydrogen-bond acceptors (Lipinski definition) is 2. The summed E-state index contributed by atoms with van der Waals surface area (Å²) in [6.07, 6.45) is 6.19. The van der Waals surface area contributed by atoms with Crippen molar-refractivity contribution < 1.29 is 9.59 Å². The number of primary amides is 2. The van der Waals surface area contributed by atoms with Crippen molar-refractivity contribution >= 4 is 11.8 Å². The highest BCUT2D eigenvalue weighted by molar-refractivity contribution is 5.82. The average Bonchev–Trinajstić information content (AvgIpc) is 2.45. The van der Waals surface area contributed by atoms with Crippen molar-refractivity contribution in [3.05, 3.63) is 34.9 Å². The van der Waals surface area contributed by atoms with Crippen LogP contribution in [0.4, 0.5) is 0 Å². The summed E-state index contributed by atoms with van der Waals surface area (Å²) in [4.78, 5) is 22.4. The molecule has 0 aliphatic heterocycles. The van der Waals surface area contributed by atoms with E-state index < -0.39 is 0 Å². The van der Waals surface area contributed by atoms with Gasteiger partial charge in [0.05, 0.1) is 5.92 Å². The number of rotatable bonds is 10. The van der Waals surface area contributed by atoms with E-state index >= 15 is 0 Å². The Morgan fingerprint density at radius 2 is 1.64 bits per heavy atom. The highest BCUT2D eigenvalue weighted by atomic mass is 16.1. The lowest BCUT2D eigenvalue weighted by molar-refractivity contribution is -0.120. The molecular formula is C18H28N2O2. The molecule has 0 spiro atoms. The van der Waals surface area contributed by atoms with Crippen molar-refractivity contribution in [2.45, 2.75) is 64.7 Å². The Kier molecular flexibility index (Phi) is 7.64. The normalized spacial score (nSPS) is 12.1. The van der Waals surface area contributed by atoms with Crippen LogP contribution in [-0.2, 0) is 9.59 Å². The summed E-state index contributed by atoms with van der Waals surface area (Å²) in [6.45, 7) is 4.10. The van der Waals surface area contributed by atoms with E-state index in [0.717, 1.165) is 49.7 Å². The second-order valence-corrected chi connectivity index (χ2v) is 6.02. The summed E-state index contributed by atoms with van der Waals surface area (Å²) < 4.78 is 0. The van der Waals surface area contributed by atoms with Crippen LogP contribution in [0, 0.1) is 13.8 Å². The molecule has 122 valence electrons. The third-order valence-electron chi connectivity index (χ3n) is 4.28. The van der Waals surface area contributed by atoms with Crippen molar-refractivity contribution in [1.82, 2.24) is 0 Å². The number of unbranched alkanes of at least 4 members (excludes halogenated alkanes) is 4. The van der Waals surface area contributed by atoms with Gasteiger partial charge in [0.25, 0.3) is 0 Å². The van der Waals surface area contributed by atoms with E-state index in [1.807, 2.05) is 19.1 Å². The van der Waals surface area contributed by atoms with Crippen LogP contribution in [0.15, 0.2) is 18.2 Å². The van der Waals surface area contributed by atoms with E-state index in [1.165, 1.54) is 5.56 Å². The summed E-state index contributed by atoms with van der Waals surface area (Å²) in [7, 11) is 0. The van der Waals surface area contributed by atoms with Crippen LogP contribution in [0.1, 0.15) is 67.6 Å². The fourth-order valence-electron chi connectivity index (χ4n) is 2.78. The Labute approximate surface area is 133 Å². The summed E-state index contributed by atoms with van der Waals surface area (Å²) in [5, 5.41) is 0. The molecule has 0 aromatic heterocycles. The Balaban J connectivity index is 2.44. The molecule has 0 heterocycles. The van der Waals surface area contributed by atoms with Gasteiger partial charge in [-0.05, 0) is 43.4 Å². The number of carbonyl (C=O) groups is 2. The first-order valence-electron chi connectivity index (χ1n) is 8.07.